The first-order chi connectivity index (χ1) is 13.3. The van der Waals surface area contributed by atoms with Crippen LogP contribution in [0.1, 0.15) is 22.2 Å². The summed E-state index contributed by atoms with van der Waals surface area (Å²) in [5, 5.41) is 12.4. The zero-order valence-corrected chi connectivity index (χ0v) is 16.3. The van der Waals surface area contributed by atoms with Crippen LogP contribution in [0.25, 0.3) is 0 Å². The van der Waals surface area contributed by atoms with E-state index in [0.717, 1.165) is 23.6 Å². The van der Waals surface area contributed by atoms with Crippen molar-refractivity contribution in [3.63, 3.8) is 0 Å². The van der Waals surface area contributed by atoms with Gasteiger partial charge in [-0.05, 0) is 12.1 Å². The number of hydrogen-bond donors (Lipinski definition) is 3. The van der Waals surface area contributed by atoms with Gasteiger partial charge in [-0.25, -0.2) is 17.2 Å². The molecular formula is C17H19F2N3O4S2. The molecule has 1 aliphatic rings. The number of aromatic amines is 1. The molecular weight excluding hydrogens is 412 g/mol. The third-order valence-corrected chi connectivity index (χ3v) is 7.11. The zero-order chi connectivity index (χ0) is 20.3. The predicted molar refractivity (Wildman–Crippen MR) is 101 cm³/mol. The van der Waals surface area contributed by atoms with Crippen LogP contribution in [0.3, 0.4) is 0 Å². The zero-order valence-electron chi connectivity index (χ0n) is 14.7. The predicted octanol–water partition coefficient (Wildman–Crippen LogP) is 1.49. The number of carbonyl (C=O) groups is 1. The average molecular weight is 431 g/mol. The van der Waals surface area contributed by atoms with Gasteiger partial charge < -0.3 is 15.4 Å². The molecule has 7 nitrogen and oxygen atoms in total. The van der Waals surface area contributed by atoms with Gasteiger partial charge in [-0.15, -0.1) is 0 Å². The quantitative estimate of drug-likeness (QED) is 0.643. The van der Waals surface area contributed by atoms with Crippen LogP contribution in [0.15, 0.2) is 35.4 Å². The molecule has 0 radical (unpaired) electrons. The molecule has 3 N–H and O–H groups in total. The number of nitrogens with zero attached hydrogens (tertiary/aromatic N) is 1. The molecule has 1 atom stereocenters. The highest BCUT2D eigenvalue weighted by atomic mass is 32.2. The lowest BCUT2D eigenvalue weighted by Crippen LogP contribution is -2.37. The van der Waals surface area contributed by atoms with E-state index in [1.807, 2.05) is 0 Å². The Morgan fingerprint density at radius 1 is 1.29 bits per heavy atom. The number of aliphatic hydroxyl groups excluding tert-OH is 1. The maximum absolute atomic E-state index is 13.7. The van der Waals surface area contributed by atoms with Crippen molar-refractivity contribution in [1.29, 1.82) is 0 Å². The Kier molecular flexibility index (Phi) is 6.38. The topological polar surface area (TPSA) is 102 Å². The summed E-state index contributed by atoms with van der Waals surface area (Å²) in [7, 11) is -3.68. The number of halogens is 2. The maximum atomic E-state index is 13.7. The van der Waals surface area contributed by atoms with Gasteiger partial charge in [0.1, 0.15) is 22.2 Å². The molecule has 0 spiro atoms. The normalized spacial score (nSPS) is 16.7. The monoisotopic (exact) mass is 431 g/mol. The Hall–Kier alpha value is -1.95. The molecule has 0 saturated carbocycles. The number of aliphatic hydroxyl groups is 1. The molecule has 2 aromatic rings. The number of amides is 1. The van der Waals surface area contributed by atoms with Gasteiger partial charge >= 0.3 is 0 Å². The van der Waals surface area contributed by atoms with Gasteiger partial charge in [0.2, 0.25) is 10.0 Å². The molecule has 1 fully saturated rings. The highest BCUT2D eigenvalue weighted by Crippen LogP contribution is 2.21. The largest absolute Gasteiger partial charge is 0.386 e. The number of thioether (sulfide) groups is 1. The van der Waals surface area contributed by atoms with Crippen molar-refractivity contribution in [2.45, 2.75) is 11.0 Å². The van der Waals surface area contributed by atoms with Crippen molar-refractivity contribution in [3.05, 3.63) is 53.4 Å². The lowest BCUT2D eigenvalue weighted by Gasteiger charge is -2.24. The Morgan fingerprint density at radius 3 is 2.68 bits per heavy atom. The van der Waals surface area contributed by atoms with E-state index in [4.69, 9.17) is 0 Å². The summed E-state index contributed by atoms with van der Waals surface area (Å²) in [4.78, 5) is 14.8. The average Bonchev–Trinajstić information content (AvgIpc) is 3.18. The molecule has 11 heteroatoms. The Labute approximate surface area is 165 Å². The van der Waals surface area contributed by atoms with E-state index >= 15 is 0 Å². The van der Waals surface area contributed by atoms with Crippen LogP contribution in [0.2, 0.25) is 0 Å². The number of benzene rings is 1. The van der Waals surface area contributed by atoms with Crippen molar-refractivity contribution in [2.75, 3.05) is 31.1 Å². The van der Waals surface area contributed by atoms with E-state index in [2.05, 4.69) is 10.3 Å². The van der Waals surface area contributed by atoms with Crippen molar-refractivity contribution >= 4 is 27.7 Å². The summed E-state index contributed by atoms with van der Waals surface area (Å²) >= 11 is 1.68. The second-order valence-corrected chi connectivity index (χ2v) is 9.32. The van der Waals surface area contributed by atoms with Gasteiger partial charge in [0.25, 0.3) is 5.91 Å². The van der Waals surface area contributed by atoms with Gasteiger partial charge in [-0.2, -0.15) is 16.1 Å². The molecule has 3 rings (SSSR count). The second kappa shape index (κ2) is 8.60. The highest BCUT2D eigenvalue weighted by Gasteiger charge is 2.28. The molecule has 28 heavy (non-hydrogen) atoms. The molecule has 0 aliphatic carbocycles. The SMILES string of the molecule is O=C(NCC(O)c1ccc(F)cc1F)c1cc(S(=O)(=O)N2CCSCC2)c[nH]1. The molecule has 1 saturated heterocycles. The number of sulfonamides is 1. The summed E-state index contributed by atoms with van der Waals surface area (Å²) in [6.07, 6.45) is -0.143. The van der Waals surface area contributed by atoms with Crippen LogP contribution < -0.4 is 5.32 Å². The summed E-state index contributed by atoms with van der Waals surface area (Å²) in [6, 6.07) is 3.96. The van der Waals surface area contributed by atoms with Crippen LogP contribution in [-0.4, -0.2) is 59.9 Å². The van der Waals surface area contributed by atoms with Crippen molar-refractivity contribution in [1.82, 2.24) is 14.6 Å². The van der Waals surface area contributed by atoms with Crippen LogP contribution >= 0.6 is 11.8 Å². The van der Waals surface area contributed by atoms with Crippen LogP contribution in [-0.2, 0) is 10.0 Å². The fraction of sp³-hybridized carbons (Fsp3) is 0.353. The smallest absolute Gasteiger partial charge is 0.267 e. The number of hydrogen-bond acceptors (Lipinski definition) is 5. The Morgan fingerprint density at radius 2 is 2.00 bits per heavy atom. The van der Waals surface area contributed by atoms with Gasteiger partial charge in [-0.3, -0.25) is 4.79 Å². The number of H-pyrrole nitrogens is 1. The summed E-state index contributed by atoms with van der Waals surface area (Å²) < 4.78 is 53.2. The molecule has 1 aromatic carbocycles. The van der Waals surface area contributed by atoms with E-state index < -0.39 is 33.7 Å². The fourth-order valence-corrected chi connectivity index (χ4v) is 5.33. The molecule has 1 unspecified atom stereocenters. The minimum Gasteiger partial charge on any atom is -0.386 e. The number of nitrogens with one attached hydrogen (secondary N) is 2. The van der Waals surface area contributed by atoms with Crippen molar-refractivity contribution in [2.24, 2.45) is 0 Å². The van der Waals surface area contributed by atoms with Crippen molar-refractivity contribution < 1.29 is 27.1 Å². The minimum atomic E-state index is -3.68. The van der Waals surface area contributed by atoms with Gasteiger partial charge in [0.05, 0.1) is 6.10 Å². The van der Waals surface area contributed by atoms with Crippen LogP contribution in [0, 0.1) is 11.6 Å². The van der Waals surface area contributed by atoms with E-state index in [1.165, 1.54) is 16.6 Å². The molecule has 1 amide bonds. The van der Waals surface area contributed by atoms with Gasteiger partial charge in [-0.1, -0.05) is 6.07 Å². The molecule has 0 bridgehead atoms. The van der Waals surface area contributed by atoms with Gasteiger partial charge in [0, 0.05) is 49.0 Å². The summed E-state index contributed by atoms with van der Waals surface area (Å²) in [6.45, 7) is 0.496. The molecule has 1 aromatic heterocycles. The first-order valence-electron chi connectivity index (χ1n) is 8.46. The minimum absolute atomic E-state index is 0.00302. The number of rotatable bonds is 6. The molecule has 1 aliphatic heterocycles. The van der Waals surface area contributed by atoms with Crippen molar-refractivity contribution in [3.8, 4) is 0 Å². The Balaban J connectivity index is 1.64. The summed E-state index contributed by atoms with van der Waals surface area (Å²) in [5.41, 5.74) is -0.156. The van der Waals surface area contributed by atoms with E-state index in [-0.39, 0.29) is 22.7 Å². The Bertz CT molecular complexity index is 959. The first kappa shape index (κ1) is 20.8. The fourth-order valence-electron chi connectivity index (χ4n) is 2.76. The van der Waals surface area contributed by atoms with Crippen LogP contribution in [0.5, 0.6) is 0 Å². The molecule has 2 heterocycles. The highest BCUT2D eigenvalue weighted by molar-refractivity contribution is 7.99. The first-order valence-corrected chi connectivity index (χ1v) is 11.1. The van der Waals surface area contributed by atoms with Crippen LogP contribution in [0.4, 0.5) is 8.78 Å². The van der Waals surface area contributed by atoms with Gasteiger partial charge in [0.15, 0.2) is 0 Å². The third-order valence-electron chi connectivity index (χ3n) is 4.29. The second-order valence-electron chi connectivity index (χ2n) is 6.16. The number of carbonyl (C=O) groups excluding carboxylic acids is 1. The number of aromatic nitrogens is 1. The lowest BCUT2D eigenvalue weighted by atomic mass is 10.1. The lowest BCUT2D eigenvalue weighted by molar-refractivity contribution is 0.0909. The maximum Gasteiger partial charge on any atom is 0.267 e. The summed E-state index contributed by atoms with van der Waals surface area (Å²) in [5.74, 6) is -0.916. The van der Waals surface area contributed by atoms with E-state index in [9.17, 15) is 27.1 Å². The standard InChI is InChI=1S/C17H19F2N3O4S2/c18-11-1-2-13(14(19)7-11)16(23)10-21-17(24)15-8-12(9-20-15)28(25,26)22-3-5-27-6-4-22/h1-2,7-9,16,20,23H,3-6,10H2,(H,21,24). The van der Waals surface area contributed by atoms with E-state index in [0.29, 0.717) is 19.2 Å². The van der Waals surface area contributed by atoms with E-state index in [1.54, 1.807) is 11.8 Å². The molecule has 152 valence electrons. The third kappa shape index (κ3) is 4.54.